The predicted octanol–water partition coefficient (Wildman–Crippen LogP) is 5.84. The van der Waals surface area contributed by atoms with E-state index in [1.54, 1.807) is 0 Å². The van der Waals surface area contributed by atoms with Gasteiger partial charge < -0.3 is 5.32 Å². The van der Waals surface area contributed by atoms with Crippen molar-refractivity contribution in [3.63, 3.8) is 0 Å². The number of amides is 1. The highest BCUT2D eigenvalue weighted by Crippen LogP contribution is 2.33. The van der Waals surface area contributed by atoms with Crippen molar-refractivity contribution < 1.29 is 4.79 Å². The quantitative estimate of drug-likeness (QED) is 0.347. The number of hydrogen-bond acceptors (Lipinski definition) is 5. The van der Waals surface area contributed by atoms with Gasteiger partial charge in [-0.2, -0.15) is 0 Å². The van der Waals surface area contributed by atoms with Crippen LogP contribution in [0.3, 0.4) is 0 Å². The molecule has 0 aliphatic rings. The number of thioether (sulfide) groups is 1. The van der Waals surface area contributed by atoms with E-state index in [0.29, 0.717) is 5.16 Å². The maximum atomic E-state index is 12.7. The topological polar surface area (TPSA) is 63.1 Å². The fourth-order valence-electron chi connectivity index (χ4n) is 3.31. The zero-order valence-corrected chi connectivity index (χ0v) is 21.9. The van der Waals surface area contributed by atoms with Crippen LogP contribution >= 0.6 is 43.6 Å². The third kappa shape index (κ3) is 5.77. The fraction of sp³-hybridized carbons (Fsp3) is 0.318. The van der Waals surface area contributed by atoms with Gasteiger partial charge >= 0.3 is 0 Å². The number of carbonyl (C=O) groups is 1. The molecule has 0 saturated heterocycles. The lowest BCUT2D eigenvalue weighted by atomic mass is 10.2. The maximum Gasteiger partial charge on any atom is 0.234 e. The van der Waals surface area contributed by atoms with Crippen molar-refractivity contribution in [1.29, 1.82) is 0 Å². The molecule has 2 aromatic carbocycles. The number of anilines is 1. The lowest BCUT2D eigenvalue weighted by Crippen LogP contribution is -2.23. The van der Waals surface area contributed by atoms with E-state index in [2.05, 4.69) is 59.2 Å². The Morgan fingerprint density at radius 2 is 1.81 bits per heavy atom. The van der Waals surface area contributed by atoms with Crippen LogP contribution in [0.15, 0.2) is 56.6 Å². The van der Waals surface area contributed by atoms with Crippen molar-refractivity contribution in [2.45, 2.75) is 31.5 Å². The molecule has 1 atom stereocenters. The Morgan fingerprint density at radius 3 is 2.39 bits per heavy atom. The molecule has 0 unspecified atom stereocenters. The Labute approximate surface area is 204 Å². The zero-order valence-electron chi connectivity index (χ0n) is 17.9. The van der Waals surface area contributed by atoms with Gasteiger partial charge in [-0.05, 0) is 89.1 Å². The van der Waals surface area contributed by atoms with Crippen molar-refractivity contribution in [2.75, 3.05) is 25.2 Å². The van der Waals surface area contributed by atoms with Crippen LogP contribution in [0.1, 0.15) is 30.8 Å². The summed E-state index contributed by atoms with van der Waals surface area (Å²) in [5.74, 6) is 0.973. The lowest BCUT2D eigenvalue weighted by Gasteiger charge is -2.23. The second-order valence-corrected chi connectivity index (χ2v) is 9.99. The average molecular weight is 567 g/mol. The first kappa shape index (κ1) is 24.0. The summed E-state index contributed by atoms with van der Waals surface area (Å²) >= 11 is 8.42. The highest BCUT2D eigenvalue weighted by Gasteiger charge is 2.23. The van der Waals surface area contributed by atoms with Gasteiger partial charge in [-0.25, -0.2) is 0 Å². The number of benzene rings is 2. The minimum absolute atomic E-state index is 0.112. The molecule has 0 aliphatic carbocycles. The summed E-state index contributed by atoms with van der Waals surface area (Å²) < 4.78 is 3.72. The van der Waals surface area contributed by atoms with E-state index in [1.165, 1.54) is 11.8 Å². The average Bonchev–Trinajstić information content (AvgIpc) is 3.13. The molecule has 3 rings (SSSR count). The Hall–Kier alpha value is -1.68. The molecule has 1 amide bonds. The number of rotatable bonds is 8. The Balaban J connectivity index is 1.83. The first-order chi connectivity index (χ1) is 14.8. The van der Waals surface area contributed by atoms with Crippen LogP contribution in [0.4, 0.5) is 5.69 Å². The largest absolute Gasteiger partial charge is 0.323 e. The van der Waals surface area contributed by atoms with Gasteiger partial charge in [0.15, 0.2) is 11.0 Å². The van der Waals surface area contributed by atoms with Gasteiger partial charge in [0.25, 0.3) is 0 Å². The first-order valence-corrected chi connectivity index (χ1v) is 12.4. The number of nitrogens with zero attached hydrogens (tertiary/aromatic N) is 4. The maximum absolute atomic E-state index is 12.7. The molecule has 1 aromatic heterocycles. The van der Waals surface area contributed by atoms with Gasteiger partial charge in [0.05, 0.1) is 17.5 Å². The summed E-state index contributed by atoms with van der Waals surface area (Å²) in [6.45, 7) is 4.13. The van der Waals surface area contributed by atoms with E-state index in [1.807, 2.05) is 68.1 Å². The fourth-order valence-corrected chi connectivity index (χ4v) is 5.69. The molecule has 0 fully saturated rings. The lowest BCUT2D eigenvalue weighted by molar-refractivity contribution is -0.113. The van der Waals surface area contributed by atoms with E-state index in [0.717, 1.165) is 38.1 Å². The summed E-state index contributed by atoms with van der Waals surface area (Å²) in [5.41, 5.74) is 2.80. The van der Waals surface area contributed by atoms with Gasteiger partial charge in [-0.15, -0.1) is 10.2 Å². The van der Waals surface area contributed by atoms with E-state index < -0.39 is 0 Å². The molecule has 3 aromatic rings. The number of aryl methyl sites for hydroxylation is 1. The molecule has 0 saturated carbocycles. The summed E-state index contributed by atoms with van der Waals surface area (Å²) in [4.78, 5) is 14.8. The normalized spacial score (nSPS) is 12.2. The minimum Gasteiger partial charge on any atom is -0.323 e. The van der Waals surface area contributed by atoms with Crippen molar-refractivity contribution >= 4 is 55.2 Å². The summed E-state index contributed by atoms with van der Waals surface area (Å²) in [6.07, 6.45) is 0.901. The van der Waals surface area contributed by atoms with Crippen LogP contribution in [0.25, 0.3) is 5.69 Å². The van der Waals surface area contributed by atoms with Crippen molar-refractivity contribution in [1.82, 2.24) is 19.7 Å². The molecule has 31 heavy (non-hydrogen) atoms. The number of nitrogens with one attached hydrogen (secondary N) is 1. The van der Waals surface area contributed by atoms with Crippen molar-refractivity contribution in [2.24, 2.45) is 0 Å². The van der Waals surface area contributed by atoms with Gasteiger partial charge in [0, 0.05) is 14.6 Å². The molecule has 9 heteroatoms. The van der Waals surface area contributed by atoms with Crippen molar-refractivity contribution in [3.8, 4) is 5.69 Å². The first-order valence-electron chi connectivity index (χ1n) is 9.87. The minimum atomic E-state index is -0.112. The summed E-state index contributed by atoms with van der Waals surface area (Å²) in [6, 6.07) is 14.1. The molecule has 164 valence electrons. The van der Waals surface area contributed by atoms with Crippen LogP contribution < -0.4 is 5.32 Å². The molecule has 0 aliphatic heterocycles. The Morgan fingerprint density at radius 1 is 1.16 bits per heavy atom. The number of halogens is 2. The monoisotopic (exact) mass is 565 g/mol. The van der Waals surface area contributed by atoms with E-state index in [4.69, 9.17) is 0 Å². The van der Waals surface area contributed by atoms with E-state index in [-0.39, 0.29) is 17.7 Å². The number of carbonyl (C=O) groups excluding carboxylic acids is 1. The van der Waals surface area contributed by atoms with Crippen LogP contribution in [-0.4, -0.2) is 45.4 Å². The number of para-hydroxylation sites is 1. The molecule has 0 bridgehead atoms. The van der Waals surface area contributed by atoms with Crippen molar-refractivity contribution in [3.05, 3.63) is 62.8 Å². The smallest absolute Gasteiger partial charge is 0.234 e. The van der Waals surface area contributed by atoms with Gasteiger partial charge in [-0.1, -0.05) is 36.9 Å². The summed E-state index contributed by atoms with van der Waals surface area (Å²) in [7, 11) is 4.07. The molecular weight excluding hydrogens is 542 g/mol. The second kappa shape index (κ2) is 10.8. The number of hydrogen-bond donors (Lipinski definition) is 1. The van der Waals surface area contributed by atoms with E-state index >= 15 is 0 Å². The third-order valence-electron chi connectivity index (χ3n) is 4.76. The van der Waals surface area contributed by atoms with Gasteiger partial charge in [0.2, 0.25) is 5.91 Å². The highest BCUT2D eigenvalue weighted by atomic mass is 79.9. The predicted molar refractivity (Wildman–Crippen MR) is 134 cm³/mol. The number of aromatic nitrogens is 3. The molecule has 1 N–H and O–H groups in total. The van der Waals surface area contributed by atoms with Gasteiger partial charge in [-0.3, -0.25) is 14.3 Å². The standard InChI is InChI=1S/C22H25Br2N5OS/c1-5-18(28(3)4)21-26-27-22(29(21)15-9-7-6-8-10-15)31-13-19(30)25-20-16(23)11-14(2)12-17(20)24/h6-12,18H,5,13H2,1-4H3,(H,25,30)/t18-/m1/s1. The zero-order chi connectivity index (χ0) is 22.5. The molecule has 6 nitrogen and oxygen atoms in total. The van der Waals surface area contributed by atoms with Gasteiger partial charge in [0.1, 0.15) is 0 Å². The third-order valence-corrected chi connectivity index (χ3v) is 6.94. The van der Waals surface area contributed by atoms with Crippen LogP contribution in [0, 0.1) is 6.92 Å². The molecule has 0 radical (unpaired) electrons. The molecule has 1 heterocycles. The van der Waals surface area contributed by atoms with Crippen LogP contribution in [0.2, 0.25) is 0 Å². The SMILES string of the molecule is CC[C@H](c1nnc(SCC(=O)Nc2c(Br)cc(C)cc2Br)n1-c1ccccc1)N(C)C. The second-order valence-electron chi connectivity index (χ2n) is 7.34. The van der Waals surface area contributed by atoms with Crippen LogP contribution in [0.5, 0.6) is 0 Å². The van der Waals surface area contributed by atoms with Crippen LogP contribution in [-0.2, 0) is 4.79 Å². The Bertz CT molecular complexity index is 1030. The summed E-state index contributed by atoms with van der Waals surface area (Å²) in [5, 5.41) is 12.6. The van der Waals surface area contributed by atoms with E-state index in [9.17, 15) is 4.79 Å². The molecule has 0 spiro atoms. The molecular formula is C22H25Br2N5OS. The Kier molecular flexibility index (Phi) is 8.32. The highest BCUT2D eigenvalue weighted by molar-refractivity contribution is 9.11.